The Labute approximate surface area is 107 Å². The molecule has 1 aliphatic heterocycles. The molecule has 0 saturated heterocycles. The average molecular weight is 267 g/mol. The van der Waals surface area contributed by atoms with E-state index in [-0.39, 0.29) is 11.5 Å². The fraction of sp³-hybridized carbons (Fsp3) is 0.250. The molecule has 0 aliphatic carbocycles. The molecule has 2 N–H and O–H groups in total. The fourth-order valence-electron chi connectivity index (χ4n) is 1.81. The second-order valence-electron chi connectivity index (χ2n) is 4.20. The number of hydrogen-bond donors (Lipinski definition) is 2. The van der Waals surface area contributed by atoms with E-state index in [0.717, 1.165) is 11.3 Å². The van der Waals surface area contributed by atoms with Gasteiger partial charge in [-0.25, -0.2) is 0 Å². The summed E-state index contributed by atoms with van der Waals surface area (Å²) in [5, 5.41) is 9.83. The van der Waals surface area contributed by atoms with E-state index in [1.165, 1.54) is 12.1 Å². The molecule has 0 spiro atoms. The molecule has 7 heteroatoms. The maximum atomic E-state index is 12.9. The number of nitrogens with one attached hydrogen (secondary N) is 2. The number of rotatable bonds is 3. The molecule has 19 heavy (non-hydrogen) atoms. The number of fused-ring (bicyclic) bond motifs is 1. The van der Waals surface area contributed by atoms with Crippen molar-refractivity contribution in [1.82, 2.24) is 10.2 Å². The Morgan fingerprint density at radius 1 is 1.32 bits per heavy atom. The largest absolute Gasteiger partial charge is 0.586 e. The highest BCUT2D eigenvalue weighted by molar-refractivity contribution is 5.56. The van der Waals surface area contributed by atoms with E-state index < -0.39 is 6.29 Å². The molecule has 0 saturated carbocycles. The first-order valence-electron chi connectivity index (χ1n) is 5.66. The van der Waals surface area contributed by atoms with Crippen LogP contribution in [-0.2, 0) is 6.54 Å². The lowest BCUT2D eigenvalue weighted by Gasteiger charge is -2.06. The Bertz CT molecular complexity index is 613. The van der Waals surface area contributed by atoms with Crippen molar-refractivity contribution in [3.63, 3.8) is 0 Å². The molecular formula is C12H11F2N3O2. The van der Waals surface area contributed by atoms with Gasteiger partial charge in [0.25, 0.3) is 0 Å². The standard InChI is InChI=1S/C12H11F2N3O2/c1-7-8(6-16-17-7)5-15-9-2-3-10-11(4-9)19-12(13,14)18-10/h2-4,6,15H,5H2,1H3,(H,16,17). The number of nitrogens with zero attached hydrogens (tertiary/aromatic N) is 1. The van der Waals surface area contributed by atoms with Crippen LogP contribution in [0.3, 0.4) is 0 Å². The van der Waals surface area contributed by atoms with Crippen LogP contribution in [0.25, 0.3) is 0 Å². The molecule has 1 aromatic heterocycles. The summed E-state index contributed by atoms with van der Waals surface area (Å²) in [5.74, 6) is 0.0638. The quantitative estimate of drug-likeness (QED) is 0.897. The van der Waals surface area contributed by atoms with Gasteiger partial charge in [0.2, 0.25) is 0 Å². The molecule has 5 nitrogen and oxygen atoms in total. The van der Waals surface area contributed by atoms with Gasteiger partial charge in [-0.3, -0.25) is 5.10 Å². The summed E-state index contributed by atoms with van der Waals surface area (Å²) in [7, 11) is 0. The minimum absolute atomic E-state index is 0.0268. The van der Waals surface area contributed by atoms with Gasteiger partial charge in [-0.1, -0.05) is 0 Å². The first-order valence-corrected chi connectivity index (χ1v) is 5.66. The molecule has 1 aromatic carbocycles. The summed E-state index contributed by atoms with van der Waals surface area (Å²) >= 11 is 0. The number of benzene rings is 1. The van der Waals surface area contributed by atoms with E-state index in [9.17, 15) is 8.78 Å². The Morgan fingerprint density at radius 2 is 2.11 bits per heavy atom. The summed E-state index contributed by atoms with van der Waals surface area (Å²) in [6.07, 6.45) is -1.87. The normalized spacial score (nSPS) is 15.5. The summed E-state index contributed by atoms with van der Waals surface area (Å²) in [6.45, 7) is 2.45. The third-order valence-electron chi connectivity index (χ3n) is 2.82. The highest BCUT2D eigenvalue weighted by Gasteiger charge is 2.43. The number of aromatic nitrogens is 2. The lowest BCUT2D eigenvalue weighted by Crippen LogP contribution is -2.25. The molecule has 1 aliphatic rings. The monoisotopic (exact) mass is 267 g/mol. The van der Waals surface area contributed by atoms with Crippen LogP contribution in [0.15, 0.2) is 24.4 Å². The van der Waals surface area contributed by atoms with Gasteiger partial charge in [0.15, 0.2) is 11.5 Å². The van der Waals surface area contributed by atoms with Crippen molar-refractivity contribution < 1.29 is 18.3 Å². The molecule has 100 valence electrons. The van der Waals surface area contributed by atoms with Crippen LogP contribution in [0, 0.1) is 6.92 Å². The van der Waals surface area contributed by atoms with E-state index in [2.05, 4.69) is 25.0 Å². The van der Waals surface area contributed by atoms with Crippen molar-refractivity contribution >= 4 is 5.69 Å². The average Bonchev–Trinajstić information content (AvgIpc) is 2.87. The predicted molar refractivity (Wildman–Crippen MR) is 63.3 cm³/mol. The zero-order valence-electron chi connectivity index (χ0n) is 10.0. The van der Waals surface area contributed by atoms with Gasteiger partial charge >= 0.3 is 6.29 Å². The molecule has 0 amide bonds. The third-order valence-corrected chi connectivity index (χ3v) is 2.82. The van der Waals surface area contributed by atoms with E-state index in [0.29, 0.717) is 12.2 Å². The molecule has 0 radical (unpaired) electrons. The Kier molecular flexibility index (Phi) is 2.55. The van der Waals surface area contributed by atoms with E-state index >= 15 is 0 Å². The van der Waals surface area contributed by atoms with Gasteiger partial charge < -0.3 is 14.8 Å². The highest BCUT2D eigenvalue weighted by Crippen LogP contribution is 2.42. The third kappa shape index (κ3) is 2.31. The number of anilines is 1. The number of aryl methyl sites for hydroxylation is 1. The topological polar surface area (TPSA) is 59.2 Å². The summed E-state index contributed by atoms with van der Waals surface area (Å²) in [5.41, 5.74) is 2.63. The first-order chi connectivity index (χ1) is 9.03. The van der Waals surface area contributed by atoms with Gasteiger partial charge in [0.05, 0.1) is 6.20 Å². The van der Waals surface area contributed by atoms with Gasteiger partial charge in [0, 0.05) is 29.6 Å². The van der Waals surface area contributed by atoms with Crippen molar-refractivity contribution in [3.8, 4) is 11.5 Å². The molecule has 0 atom stereocenters. The summed E-state index contributed by atoms with van der Waals surface area (Å²) in [6, 6.07) is 4.57. The minimum Gasteiger partial charge on any atom is -0.395 e. The number of H-pyrrole nitrogens is 1. The Morgan fingerprint density at radius 3 is 2.84 bits per heavy atom. The molecule has 0 fully saturated rings. The van der Waals surface area contributed by atoms with E-state index in [1.54, 1.807) is 12.3 Å². The zero-order chi connectivity index (χ0) is 13.5. The van der Waals surface area contributed by atoms with Crippen LogP contribution in [0.2, 0.25) is 0 Å². The van der Waals surface area contributed by atoms with Crippen LogP contribution < -0.4 is 14.8 Å². The fourth-order valence-corrected chi connectivity index (χ4v) is 1.81. The number of halogens is 2. The van der Waals surface area contributed by atoms with Crippen molar-refractivity contribution in [2.24, 2.45) is 0 Å². The van der Waals surface area contributed by atoms with Gasteiger partial charge in [-0.2, -0.15) is 5.10 Å². The van der Waals surface area contributed by atoms with Crippen molar-refractivity contribution in [1.29, 1.82) is 0 Å². The predicted octanol–water partition coefficient (Wildman–Crippen LogP) is 2.65. The van der Waals surface area contributed by atoms with Crippen molar-refractivity contribution in [2.45, 2.75) is 19.8 Å². The van der Waals surface area contributed by atoms with Gasteiger partial charge in [-0.15, -0.1) is 8.78 Å². The maximum Gasteiger partial charge on any atom is 0.586 e. The Balaban J connectivity index is 1.72. The van der Waals surface area contributed by atoms with Gasteiger partial charge in [-0.05, 0) is 19.1 Å². The lowest BCUT2D eigenvalue weighted by atomic mass is 10.2. The SMILES string of the molecule is Cc1[nH]ncc1CNc1ccc2c(c1)OC(F)(F)O2. The van der Waals surface area contributed by atoms with Crippen LogP contribution in [0.5, 0.6) is 11.5 Å². The number of alkyl halides is 2. The maximum absolute atomic E-state index is 12.9. The highest BCUT2D eigenvalue weighted by atomic mass is 19.3. The first kappa shape index (κ1) is 11.8. The molecular weight excluding hydrogens is 256 g/mol. The molecule has 3 rings (SSSR count). The minimum atomic E-state index is -3.58. The molecule has 2 heterocycles. The van der Waals surface area contributed by atoms with Gasteiger partial charge in [0.1, 0.15) is 0 Å². The second kappa shape index (κ2) is 4.11. The van der Waals surface area contributed by atoms with E-state index in [4.69, 9.17) is 0 Å². The Hall–Kier alpha value is -2.31. The second-order valence-corrected chi connectivity index (χ2v) is 4.20. The number of ether oxygens (including phenoxy) is 2. The van der Waals surface area contributed by atoms with E-state index in [1.807, 2.05) is 6.92 Å². The van der Waals surface area contributed by atoms with Crippen LogP contribution >= 0.6 is 0 Å². The molecule has 2 aromatic rings. The number of hydrogen-bond acceptors (Lipinski definition) is 4. The van der Waals surface area contributed by atoms with Crippen molar-refractivity contribution in [3.05, 3.63) is 35.7 Å². The number of aromatic amines is 1. The van der Waals surface area contributed by atoms with Crippen LogP contribution in [0.4, 0.5) is 14.5 Å². The molecule has 0 bridgehead atoms. The van der Waals surface area contributed by atoms with Crippen LogP contribution in [0.1, 0.15) is 11.3 Å². The smallest absolute Gasteiger partial charge is 0.395 e. The molecule has 0 unspecified atom stereocenters. The van der Waals surface area contributed by atoms with Crippen molar-refractivity contribution in [2.75, 3.05) is 5.32 Å². The van der Waals surface area contributed by atoms with Crippen LogP contribution in [-0.4, -0.2) is 16.5 Å². The zero-order valence-corrected chi connectivity index (χ0v) is 10.0. The summed E-state index contributed by atoms with van der Waals surface area (Å²) in [4.78, 5) is 0. The lowest BCUT2D eigenvalue weighted by molar-refractivity contribution is -0.286. The summed E-state index contributed by atoms with van der Waals surface area (Å²) < 4.78 is 34.4.